The number of hydrogen-bond acceptors (Lipinski definition) is 5. The number of carbonyl (C=O) groups excluding carboxylic acids is 1. The summed E-state index contributed by atoms with van der Waals surface area (Å²) in [6.45, 7) is 0. The number of hydrogen-bond donors (Lipinski definition) is 3. The molecule has 1 aromatic carbocycles. The van der Waals surface area contributed by atoms with Crippen molar-refractivity contribution in [3.05, 3.63) is 29.3 Å². The first-order valence-electron chi connectivity index (χ1n) is 5.20. The minimum Gasteiger partial charge on any atom is -0.497 e. The van der Waals surface area contributed by atoms with Crippen LogP contribution >= 0.6 is 0 Å². The number of aliphatic hydroxyl groups excluding tert-OH is 2. The van der Waals surface area contributed by atoms with Crippen LogP contribution in [0, 0.1) is 0 Å². The van der Waals surface area contributed by atoms with Gasteiger partial charge in [0, 0.05) is 5.56 Å². The van der Waals surface area contributed by atoms with Crippen LogP contribution in [0.2, 0.25) is 0 Å². The van der Waals surface area contributed by atoms with Gasteiger partial charge in [0.05, 0.1) is 19.6 Å². The molecule has 6 nitrogen and oxygen atoms in total. The summed E-state index contributed by atoms with van der Waals surface area (Å²) in [5.74, 6) is -0.802. The maximum atomic E-state index is 10.9. The number of aliphatic carboxylic acids is 1. The van der Waals surface area contributed by atoms with Gasteiger partial charge in [-0.3, -0.25) is 9.59 Å². The Bertz CT molecular complexity index is 442. The van der Waals surface area contributed by atoms with E-state index in [0.717, 1.165) is 0 Å². The van der Waals surface area contributed by atoms with Gasteiger partial charge in [-0.1, -0.05) is 6.07 Å². The smallest absolute Gasteiger partial charge is 0.306 e. The van der Waals surface area contributed by atoms with Gasteiger partial charge in [-0.05, 0) is 17.7 Å². The number of aliphatic hydroxyl groups is 2. The van der Waals surface area contributed by atoms with Crippen LogP contribution < -0.4 is 4.74 Å². The van der Waals surface area contributed by atoms with Gasteiger partial charge in [-0.25, -0.2) is 0 Å². The largest absolute Gasteiger partial charge is 0.497 e. The van der Waals surface area contributed by atoms with Crippen LogP contribution in [-0.2, 0) is 4.79 Å². The highest BCUT2D eigenvalue weighted by Gasteiger charge is 2.23. The average Bonchev–Trinajstić information content (AvgIpc) is 2.36. The summed E-state index contributed by atoms with van der Waals surface area (Å²) in [5, 5.41) is 27.8. The van der Waals surface area contributed by atoms with E-state index in [0.29, 0.717) is 12.0 Å². The summed E-state index contributed by atoms with van der Waals surface area (Å²) < 4.78 is 4.92. The summed E-state index contributed by atoms with van der Waals surface area (Å²) in [6.07, 6.45) is -3.01. The molecule has 0 saturated heterocycles. The Kier molecular flexibility index (Phi) is 4.82. The van der Waals surface area contributed by atoms with E-state index >= 15 is 0 Å². The molecule has 0 bridgehead atoms. The second-order valence-corrected chi connectivity index (χ2v) is 3.72. The van der Waals surface area contributed by atoms with Crippen LogP contribution in [0.5, 0.6) is 5.75 Å². The van der Waals surface area contributed by atoms with Gasteiger partial charge in [0.1, 0.15) is 11.9 Å². The van der Waals surface area contributed by atoms with Crippen molar-refractivity contribution in [1.82, 2.24) is 0 Å². The Hall–Kier alpha value is -1.92. The quantitative estimate of drug-likeness (QED) is 0.634. The molecule has 0 heterocycles. The lowest BCUT2D eigenvalue weighted by Crippen LogP contribution is -2.22. The van der Waals surface area contributed by atoms with Crippen molar-refractivity contribution in [3.8, 4) is 5.75 Å². The van der Waals surface area contributed by atoms with Crippen molar-refractivity contribution in [2.45, 2.75) is 18.6 Å². The molecule has 1 aromatic rings. The molecule has 0 fully saturated rings. The third-order valence-corrected chi connectivity index (χ3v) is 2.49. The average molecular weight is 254 g/mol. The van der Waals surface area contributed by atoms with Crippen molar-refractivity contribution >= 4 is 12.3 Å². The van der Waals surface area contributed by atoms with Gasteiger partial charge < -0.3 is 20.1 Å². The SMILES string of the molecule is COc1ccc(C(O)C(O)CC(=O)O)c(C=O)c1. The molecule has 2 unspecified atom stereocenters. The fraction of sp³-hybridized carbons (Fsp3) is 0.333. The maximum absolute atomic E-state index is 10.9. The Morgan fingerprint density at radius 2 is 2.11 bits per heavy atom. The Balaban J connectivity index is 3.00. The van der Waals surface area contributed by atoms with Gasteiger partial charge in [0.25, 0.3) is 0 Å². The molecule has 0 aromatic heterocycles. The number of carbonyl (C=O) groups is 2. The van der Waals surface area contributed by atoms with E-state index in [1.165, 1.54) is 25.3 Å². The first kappa shape index (κ1) is 14.1. The monoisotopic (exact) mass is 254 g/mol. The summed E-state index contributed by atoms with van der Waals surface area (Å²) in [5.41, 5.74) is 0.311. The fourth-order valence-electron chi connectivity index (χ4n) is 1.55. The van der Waals surface area contributed by atoms with Crippen LogP contribution in [0.15, 0.2) is 18.2 Å². The number of carboxylic acids is 1. The van der Waals surface area contributed by atoms with E-state index in [2.05, 4.69) is 0 Å². The summed E-state index contributed by atoms with van der Waals surface area (Å²) >= 11 is 0. The molecule has 0 saturated carbocycles. The highest BCUT2D eigenvalue weighted by molar-refractivity contribution is 5.78. The number of ether oxygens (including phenoxy) is 1. The van der Waals surface area contributed by atoms with E-state index in [1.807, 2.05) is 0 Å². The van der Waals surface area contributed by atoms with E-state index in [1.54, 1.807) is 0 Å². The highest BCUT2D eigenvalue weighted by atomic mass is 16.5. The lowest BCUT2D eigenvalue weighted by molar-refractivity contribution is -0.141. The van der Waals surface area contributed by atoms with E-state index < -0.39 is 24.6 Å². The number of carboxylic acid groups (broad SMARTS) is 1. The molecule has 0 spiro atoms. The molecule has 0 aliphatic heterocycles. The minimum atomic E-state index is -1.48. The number of methoxy groups -OCH3 is 1. The molecule has 0 radical (unpaired) electrons. The normalized spacial score (nSPS) is 13.7. The van der Waals surface area contributed by atoms with Gasteiger partial charge >= 0.3 is 5.97 Å². The first-order chi connectivity index (χ1) is 8.49. The van der Waals surface area contributed by atoms with E-state index in [-0.39, 0.29) is 11.1 Å². The predicted molar refractivity (Wildman–Crippen MR) is 61.6 cm³/mol. The van der Waals surface area contributed by atoms with Crippen molar-refractivity contribution in [2.75, 3.05) is 7.11 Å². The van der Waals surface area contributed by atoms with Crippen LogP contribution in [0.25, 0.3) is 0 Å². The number of rotatable bonds is 6. The van der Waals surface area contributed by atoms with Gasteiger partial charge in [-0.2, -0.15) is 0 Å². The minimum absolute atomic E-state index is 0.145. The Morgan fingerprint density at radius 3 is 2.61 bits per heavy atom. The van der Waals surface area contributed by atoms with Crippen LogP contribution in [0.1, 0.15) is 28.4 Å². The van der Waals surface area contributed by atoms with Crippen LogP contribution in [0.4, 0.5) is 0 Å². The maximum Gasteiger partial charge on any atom is 0.306 e. The molecule has 0 aliphatic carbocycles. The van der Waals surface area contributed by atoms with Gasteiger partial charge in [0.15, 0.2) is 6.29 Å². The Labute approximate surface area is 103 Å². The van der Waals surface area contributed by atoms with Crippen LogP contribution in [-0.4, -0.2) is 40.8 Å². The summed E-state index contributed by atoms with van der Waals surface area (Å²) in [7, 11) is 1.43. The second-order valence-electron chi connectivity index (χ2n) is 3.72. The van der Waals surface area contributed by atoms with E-state index in [4.69, 9.17) is 9.84 Å². The lowest BCUT2D eigenvalue weighted by atomic mass is 9.97. The van der Waals surface area contributed by atoms with Crippen molar-refractivity contribution in [3.63, 3.8) is 0 Å². The summed E-state index contributed by atoms with van der Waals surface area (Å²) in [4.78, 5) is 21.3. The van der Waals surface area contributed by atoms with Crippen LogP contribution in [0.3, 0.4) is 0 Å². The van der Waals surface area contributed by atoms with Crippen molar-refractivity contribution in [2.24, 2.45) is 0 Å². The molecule has 6 heteroatoms. The molecular weight excluding hydrogens is 240 g/mol. The first-order valence-corrected chi connectivity index (χ1v) is 5.20. The molecular formula is C12H14O6. The highest BCUT2D eigenvalue weighted by Crippen LogP contribution is 2.25. The molecule has 0 amide bonds. The van der Waals surface area contributed by atoms with E-state index in [9.17, 15) is 19.8 Å². The summed E-state index contributed by atoms with van der Waals surface area (Å²) in [6, 6.07) is 4.33. The number of benzene rings is 1. The third-order valence-electron chi connectivity index (χ3n) is 2.49. The zero-order valence-corrected chi connectivity index (χ0v) is 9.74. The van der Waals surface area contributed by atoms with Gasteiger partial charge in [-0.15, -0.1) is 0 Å². The fourth-order valence-corrected chi connectivity index (χ4v) is 1.55. The molecule has 2 atom stereocenters. The zero-order valence-electron chi connectivity index (χ0n) is 9.74. The second kappa shape index (κ2) is 6.13. The molecule has 18 heavy (non-hydrogen) atoms. The van der Waals surface area contributed by atoms with Crippen molar-refractivity contribution < 1.29 is 29.6 Å². The number of aldehydes is 1. The molecule has 3 N–H and O–H groups in total. The topological polar surface area (TPSA) is 104 Å². The standard InChI is InChI=1S/C12H14O6/c1-18-8-2-3-9(7(4-8)6-13)12(17)10(14)5-11(15)16/h2-4,6,10,12,14,17H,5H2,1H3,(H,15,16). The molecule has 0 aliphatic rings. The van der Waals surface area contributed by atoms with Crippen molar-refractivity contribution in [1.29, 1.82) is 0 Å². The third kappa shape index (κ3) is 3.28. The zero-order chi connectivity index (χ0) is 13.7. The Morgan fingerprint density at radius 1 is 1.44 bits per heavy atom. The molecule has 98 valence electrons. The molecule has 1 rings (SSSR count). The predicted octanol–water partition coefficient (Wildman–Crippen LogP) is 0.377. The van der Waals surface area contributed by atoms with Gasteiger partial charge in [0.2, 0.25) is 0 Å². The lowest BCUT2D eigenvalue weighted by Gasteiger charge is -2.18.